The Morgan fingerprint density at radius 1 is 1.33 bits per heavy atom. The van der Waals surface area contributed by atoms with Crippen molar-refractivity contribution in [2.45, 2.75) is 0 Å². The molecule has 1 aromatic carbocycles. The van der Waals surface area contributed by atoms with E-state index in [0.29, 0.717) is 5.82 Å². The summed E-state index contributed by atoms with van der Waals surface area (Å²) >= 11 is 0. The van der Waals surface area contributed by atoms with Crippen molar-refractivity contribution >= 4 is 16.7 Å². The Balaban J connectivity index is 2.22. The lowest BCUT2D eigenvalue weighted by atomic mass is 10.2. The van der Waals surface area contributed by atoms with Gasteiger partial charge < -0.3 is 15.5 Å². The summed E-state index contributed by atoms with van der Waals surface area (Å²) in [6, 6.07) is 9.81. The zero-order chi connectivity index (χ0) is 12.7. The lowest BCUT2D eigenvalue weighted by molar-refractivity contribution is 0.420. The van der Waals surface area contributed by atoms with Crippen LogP contribution in [0.15, 0.2) is 30.3 Å². The Bertz CT molecular complexity index is 711. The van der Waals surface area contributed by atoms with Crippen molar-refractivity contribution in [3.8, 4) is 17.1 Å². The van der Waals surface area contributed by atoms with Gasteiger partial charge in [-0.25, -0.2) is 0 Å². The predicted octanol–water partition coefficient (Wildman–Crippen LogP) is 2.16. The van der Waals surface area contributed by atoms with E-state index in [1.54, 1.807) is 11.8 Å². The molecule has 0 bridgehead atoms. The Morgan fingerprint density at radius 2 is 2.17 bits per heavy atom. The molecule has 0 atom stereocenters. The normalized spacial score (nSPS) is 11.0. The Kier molecular flexibility index (Phi) is 2.26. The first-order valence-corrected chi connectivity index (χ1v) is 5.64. The second kappa shape index (κ2) is 3.80. The van der Waals surface area contributed by atoms with Gasteiger partial charge in [-0.2, -0.15) is 5.10 Å². The van der Waals surface area contributed by atoms with Crippen molar-refractivity contribution in [3.05, 3.63) is 30.3 Å². The minimum atomic E-state index is 0.512. The fourth-order valence-electron chi connectivity index (χ4n) is 2.18. The van der Waals surface area contributed by atoms with E-state index < -0.39 is 0 Å². The lowest BCUT2D eigenvalue weighted by Crippen LogP contribution is -1.94. The Hall–Kier alpha value is -2.43. The van der Waals surface area contributed by atoms with Crippen LogP contribution in [0.3, 0.4) is 0 Å². The van der Waals surface area contributed by atoms with Crippen LogP contribution < -0.4 is 10.5 Å². The maximum atomic E-state index is 5.70. The molecule has 0 unspecified atom stereocenters. The zero-order valence-electron chi connectivity index (χ0n) is 10.3. The minimum absolute atomic E-state index is 0.512. The van der Waals surface area contributed by atoms with Crippen molar-refractivity contribution < 1.29 is 4.74 Å². The highest BCUT2D eigenvalue weighted by Gasteiger charge is 2.10. The van der Waals surface area contributed by atoms with Gasteiger partial charge in [-0.15, -0.1) is 0 Å². The number of nitrogens with zero attached hydrogens (tertiary/aromatic N) is 2. The molecule has 2 aromatic heterocycles. The number of ether oxygens (including phenoxy) is 1. The van der Waals surface area contributed by atoms with Crippen molar-refractivity contribution in [1.82, 2.24) is 14.8 Å². The van der Waals surface area contributed by atoms with Gasteiger partial charge in [0.1, 0.15) is 11.6 Å². The number of nitrogen functional groups attached to an aromatic ring is 1. The van der Waals surface area contributed by atoms with Crippen LogP contribution >= 0.6 is 0 Å². The monoisotopic (exact) mass is 242 g/mol. The fraction of sp³-hybridized carbons (Fsp3) is 0.154. The molecule has 0 aliphatic heterocycles. The highest BCUT2D eigenvalue weighted by Crippen LogP contribution is 2.30. The molecule has 0 amide bonds. The summed E-state index contributed by atoms with van der Waals surface area (Å²) in [6.07, 6.45) is 0. The molecule has 3 aromatic rings. The molecule has 5 nitrogen and oxygen atoms in total. The van der Waals surface area contributed by atoms with Gasteiger partial charge in [0.15, 0.2) is 0 Å². The first-order chi connectivity index (χ1) is 8.69. The number of benzene rings is 1. The number of anilines is 1. The number of rotatable bonds is 2. The number of aromatic nitrogens is 3. The molecule has 0 aliphatic carbocycles. The third-order valence-corrected chi connectivity index (χ3v) is 3.02. The molecule has 0 fully saturated rings. The second-order valence-electron chi connectivity index (χ2n) is 4.18. The molecule has 0 radical (unpaired) electrons. The molecule has 5 heteroatoms. The Labute approximate surface area is 104 Å². The molecular weight excluding hydrogens is 228 g/mol. The smallest absolute Gasteiger partial charge is 0.146 e. The third kappa shape index (κ3) is 1.52. The van der Waals surface area contributed by atoms with Gasteiger partial charge >= 0.3 is 0 Å². The van der Waals surface area contributed by atoms with Gasteiger partial charge in [-0.05, 0) is 18.2 Å². The van der Waals surface area contributed by atoms with E-state index in [4.69, 9.17) is 10.5 Å². The third-order valence-electron chi connectivity index (χ3n) is 3.02. The Morgan fingerprint density at radius 3 is 2.83 bits per heavy atom. The molecule has 3 N–H and O–H groups in total. The van der Waals surface area contributed by atoms with Gasteiger partial charge in [-0.3, -0.25) is 4.68 Å². The molecule has 2 heterocycles. The molecular formula is C13H14N4O. The van der Waals surface area contributed by atoms with Crippen molar-refractivity contribution in [2.75, 3.05) is 12.8 Å². The van der Waals surface area contributed by atoms with Crippen molar-refractivity contribution in [2.24, 2.45) is 7.05 Å². The van der Waals surface area contributed by atoms with E-state index in [0.717, 1.165) is 28.0 Å². The maximum Gasteiger partial charge on any atom is 0.146 e. The quantitative estimate of drug-likeness (QED) is 0.723. The van der Waals surface area contributed by atoms with E-state index in [-0.39, 0.29) is 0 Å². The zero-order valence-corrected chi connectivity index (χ0v) is 10.3. The van der Waals surface area contributed by atoms with Crippen LogP contribution in [0.5, 0.6) is 5.75 Å². The summed E-state index contributed by atoms with van der Waals surface area (Å²) in [5, 5.41) is 5.19. The first kappa shape index (κ1) is 10.7. The van der Waals surface area contributed by atoms with Crippen LogP contribution in [-0.2, 0) is 7.05 Å². The van der Waals surface area contributed by atoms with E-state index in [1.165, 1.54) is 0 Å². The number of fused-ring (bicyclic) bond motifs is 1. The van der Waals surface area contributed by atoms with E-state index in [2.05, 4.69) is 10.1 Å². The molecule has 0 aliphatic rings. The van der Waals surface area contributed by atoms with E-state index in [1.807, 2.05) is 37.4 Å². The topological polar surface area (TPSA) is 68.9 Å². The summed E-state index contributed by atoms with van der Waals surface area (Å²) in [4.78, 5) is 3.34. The van der Waals surface area contributed by atoms with Gasteiger partial charge in [0.05, 0.1) is 18.5 Å². The highest BCUT2D eigenvalue weighted by molar-refractivity contribution is 5.90. The van der Waals surface area contributed by atoms with E-state index in [9.17, 15) is 0 Å². The summed E-state index contributed by atoms with van der Waals surface area (Å²) < 4.78 is 7.10. The minimum Gasteiger partial charge on any atom is -0.496 e. The number of H-pyrrole nitrogens is 1. The van der Waals surface area contributed by atoms with Crippen LogP contribution in [0.2, 0.25) is 0 Å². The first-order valence-electron chi connectivity index (χ1n) is 5.64. The molecule has 0 spiro atoms. The summed E-state index contributed by atoms with van der Waals surface area (Å²) in [7, 11) is 3.54. The molecule has 0 saturated carbocycles. The van der Waals surface area contributed by atoms with Gasteiger partial charge in [0, 0.05) is 24.0 Å². The fourth-order valence-corrected chi connectivity index (χ4v) is 2.18. The second-order valence-corrected chi connectivity index (χ2v) is 4.18. The van der Waals surface area contributed by atoms with Gasteiger partial charge in [0.2, 0.25) is 0 Å². The largest absolute Gasteiger partial charge is 0.496 e. The number of hydrogen-bond donors (Lipinski definition) is 2. The molecule has 3 rings (SSSR count). The summed E-state index contributed by atoms with van der Waals surface area (Å²) in [5.74, 6) is 1.36. The number of nitrogens with two attached hydrogens (primary N) is 1. The van der Waals surface area contributed by atoms with Crippen LogP contribution in [-0.4, -0.2) is 21.9 Å². The molecule has 18 heavy (non-hydrogen) atoms. The van der Waals surface area contributed by atoms with Crippen LogP contribution in [0.25, 0.3) is 22.3 Å². The number of hydrogen-bond acceptors (Lipinski definition) is 3. The standard InChI is InChI=1S/C13H14N4O/c1-17-11(7-13(14)16-17)10-6-8-9(15-10)4-3-5-12(8)18-2/h3-7,15H,1-2H3,(H2,14,16). The van der Waals surface area contributed by atoms with Crippen molar-refractivity contribution in [1.29, 1.82) is 0 Å². The number of aryl methyl sites for hydroxylation is 1. The number of nitrogens with one attached hydrogen (secondary N) is 1. The number of aromatic amines is 1. The average Bonchev–Trinajstić information content (AvgIpc) is 2.91. The molecule has 92 valence electrons. The summed E-state index contributed by atoms with van der Waals surface area (Å²) in [5.41, 5.74) is 8.65. The predicted molar refractivity (Wildman–Crippen MR) is 71.5 cm³/mol. The van der Waals surface area contributed by atoms with Crippen LogP contribution in [0.1, 0.15) is 0 Å². The summed E-state index contributed by atoms with van der Waals surface area (Å²) in [6.45, 7) is 0. The van der Waals surface area contributed by atoms with Gasteiger partial charge in [-0.1, -0.05) is 6.07 Å². The SMILES string of the molecule is COc1cccc2[nH]c(-c3cc(N)nn3C)cc12. The maximum absolute atomic E-state index is 5.70. The highest BCUT2D eigenvalue weighted by atomic mass is 16.5. The van der Waals surface area contributed by atoms with Crippen molar-refractivity contribution in [3.63, 3.8) is 0 Å². The lowest BCUT2D eigenvalue weighted by Gasteiger charge is -1.99. The molecule has 0 saturated heterocycles. The van der Waals surface area contributed by atoms with Crippen LogP contribution in [0, 0.1) is 0 Å². The number of methoxy groups -OCH3 is 1. The average molecular weight is 242 g/mol. The van der Waals surface area contributed by atoms with Crippen LogP contribution in [0.4, 0.5) is 5.82 Å². The van der Waals surface area contributed by atoms with Gasteiger partial charge in [0.25, 0.3) is 0 Å². The van der Waals surface area contributed by atoms with E-state index >= 15 is 0 Å².